The lowest BCUT2D eigenvalue weighted by atomic mass is 9.84. The van der Waals surface area contributed by atoms with E-state index in [9.17, 15) is 14.7 Å². The molecule has 1 unspecified atom stereocenters. The molecule has 0 heterocycles. The lowest BCUT2D eigenvalue weighted by Gasteiger charge is -2.24. The van der Waals surface area contributed by atoms with Crippen LogP contribution in [0.5, 0.6) is 5.75 Å². The molecular weight excluding hydrogens is 360 g/mol. The Morgan fingerprint density at radius 3 is 2.50 bits per heavy atom. The van der Waals surface area contributed by atoms with E-state index >= 15 is 0 Å². The molecule has 0 aromatic heterocycles. The summed E-state index contributed by atoms with van der Waals surface area (Å²) < 4.78 is 10.6. The summed E-state index contributed by atoms with van der Waals surface area (Å²) >= 11 is 0. The molecule has 1 aliphatic carbocycles. The number of ether oxygens (including phenoxy) is 2. The van der Waals surface area contributed by atoms with Crippen molar-refractivity contribution in [3.63, 3.8) is 0 Å². The van der Waals surface area contributed by atoms with Crippen LogP contribution in [-0.2, 0) is 11.2 Å². The highest BCUT2D eigenvalue weighted by atomic mass is 16.5. The average molecular weight is 388 g/mol. The van der Waals surface area contributed by atoms with Gasteiger partial charge in [0.15, 0.2) is 11.5 Å². The molecule has 6 heteroatoms. The molecule has 0 spiro atoms. The van der Waals surface area contributed by atoms with Gasteiger partial charge in [0.1, 0.15) is 5.75 Å². The molecule has 2 N–H and O–H groups in total. The van der Waals surface area contributed by atoms with E-state index in [4.69, 9.17) is 14.6 Å². The summed E-state index contributed by atoms with van der Waals surface area (Å²) in [6, 6.07) is 1.63. The maximum absolute atomic E-state index is 12.7. The van der Waals surface area contributed by atoms with Crippen molar-refractivity contribution in [1.29, 1.82) is 0 Å². The molecule has 1 aromatic carbocycles. The van der Waals surface area contributed by atoms with E-state index in [2.05, 4.69) is 6.92 Å². The summed E-state index contributed by atoms with van der Waals surface area (Å²) in [7, 11) is 2.77. The van der Waals surface area contributed by atoms with Crippen LogP contribution in [0.3, 0.4) is 0 Å². The molecular formula is C22H28O6. The minimum absolute atomic E-state index is 0.0207. The number of hydrogen-bond donors (Lipinski definition) is 2. The van der Waals surface area contributed by atoms with Gasteiger partial charge >= 0.3 is 0 Å². The number of aliphatic hydroxyl groups excluding tert-OH is 2. The topological polar surface area (TPSA) is 93.1 Å². The van der Waals surface area contributed by atoms with Gasteiger partial charge in [0.25, 0.3) is 0 Å². The number of Topliss-reactive ketones (excluding diaryl/α,β-unsaturated/α-hetero) is 1. The van der Waals surface area contributed by atoms with Crippen molar-refractivity contribution in [1.82, 2.24) is 0 Å². The second-order valence-corrected chi connectivity index (χ2v) is 6.68. The number of carbonyl (C=O) groups excluding carboxylic acids is 2. The highest BCUT2D eigenvalue weighted by molar-refractivity contribution is 6.25. The third-order valence-corrected chi connectivity index (χ3v) is 4.83. The van der Waals surface area contributed by atoms with Crippen LogP contribution in [0.25, 0.3) is 0 Å². The number of methoxy groups -OCH3 is 2. The molecule has 152 valence electrons. The number of unbranched alkanes of at least 4 members (excludes halogenated alkanes) is 2. The maximum atomic E-state index is 12.7. The molecule has 0 fully saturated rings. The summed E-state index contributed by atoms with van der Waals surface area (Å²) in [5.41, 5.74) is 1.57. The zero-order chi connectivity index (χ0) is 20.7. The number of fused-ring (bicyclic) bond motifs is 1. The number of ketones is 2. The van der Waals surface area contributed by atoms with Crippen LogP contribution in [0, 0.1) is 0 Å². The molecule has 2 rings (SSSR count). The second kappa shape index (κ2) is 10.2. The van der Waals surface area contributed by atoms with Crippen molar-refractivity contribution in [2.45, 2.75) is 45.1 Å². The number of rotatable bonds is 10. The molecule has 0 bridgehead atoms. The Morgan fingerprint density at radius 2 is 1.89 bits per heavy atom. The highest BCUT2D eigenvalue weighted by Crippen LogP contribution is 2.40. The molecule has 1 aromatic rings. The Kier molecular flexibility index (Phi) is 7.96. The molecule has 1 aliphatic rings. The van der Waals surface area contributed by atoms with Gasteiger partial charge < -0.3 is 19.7 Å². The van der Waals surface area contributed by atoms with Crippen LogP contribution >= 0.6 is 0 Å². The lowest BCUT2D eigenvalue weighted by Crippen LogP contribution is -2.21. The normalized spacial score (nSPS) is 14.8. The Labute approximate surface area is 165 Å². The van der Waals surface area contributed by atoms with Gasteiger partial charge in [-0.3, -0.25) is 9.59 Å². The van der Waals surface area contributed by atoms with Gasteiger partial charge in [0.2, 0.25) is 5.78 Å². The molecule has 0 saturated heterocycles. The van der Waals surface area contributed by atoms with E-state index in [1.807, 2.05) is 0 Å². The standard InChI is InChI=1S/C22H28O6/c1-4-5-6-10-16(24)19-14(9-7-8-11-23)12-15-20(22(19)28-3)17(25)13-18(27-2)21(15)26/h7-8,12-13,16,23-24H,4-6,9-11H2,1-3H3/b8-7+. The first-order valence-electron chi connectivity index (χ1n) is 9.52. The van der Waals surface area contributed by atoms with E-state index in [0.717, 1.165) is 25.3 Å². The van der Waals surface area contributed by atoms with Crippen LogP contribution < -0.4 is 4.74 Å². The summed E-state index contributed by atoms with van der Waals surface area (Å²) in [6.07, 6.45) is 7.45. The molecule has 6 nitrogen and oxygen atoms in total. The summed E-state index contributed by atoms with van der Waals surface area (Å²) in [4.78, 5) is 25.4. The van der Waals surface area contributed by atoms with Crippen molar-refractivity contribution in [3.05, 3.63) is 52.3 Å². The highest BCUT2D eigenvalue weighted by Gasteiger charge is 2.33. The minimum atomic E-state index is -0.819. The predicted octanol–water partition coefficient (Wildman–Crippen LogP) is 3.31. The number of carbonyl (C=O) groups is 2. The summed E-state index contributed by atoms with van der Waals surface area (Å²) in [5.74, 6) is -0.566. The Balaban J connectivity index is 2.63. The smallest absolute Gasteiger partial charge is 0.228 e. The van der Waals surface area contributed by atoms with Crippen molar-refractivity contribution in [3.8, 4) is 5.75 Å². The van der Waals surface area contributed by atoms with Gasteiger partial charge in [-0.1, -0.05) is 38.3 Å². The number of benzene rings is 1. The molecule has 28 heavy (non-hydrogen) atoms. The summed E-state index contributed by atoms with van der Waals surface area (Å²) in [5, 5.41) is 19.9. The van der Waals surface area contributed by atoms with Gasteiger partial charge in [-0.2, -0.15) is 0 Å². The zero-order valence-electron chi connectivity index (χ0n) is 16.7. The van der Waals surface area contributed by atoms with Gasteiger partial charge in [-0.05, 0) is 24.5 Å². The zero-order valence-corrected chi connectivity index (χ0v) is 16.7. The summed E-state index contributed by atoms with van der Waals surface area (Å²) in [6.45, 7) is 1.98. The first-order chi connectivity index (χ1) is 13.5. The van der Waals surface area contributed by atoms with Crippen molar-refractivity contribution >= 4 is 11.6 Å². The number of aliphatic hydroxyl groups is 2. The first kappa shape index (κ1) is 21.9. The van der Waals surface area contributed by atoms with E-state index in [-0.39, 0.29) is 35.0 Å². The van der Waals surface area contributed by atoms with Gasteiger partial charge in [0, 0.05) is 17.2 Å². The second-order valence-electron chi connectivity index (χ2n) is 6.68. The number of hydrogen-bond acceptors (Lipinski definition) is 6. The fraction of sp³-hybridized carbons (Fsp3) is 0.455. The van der Waals surface area contributed by atoms with Crippen molar-refractivity contribution in [2.75, 3.05) is 20.8 Å². The van der Waals surface area contributed by atoms with Gasteiger partial charge in [-0.15, -0.1) is 0 Å². The van der Waals surface area contributed by atoms with Crippen molar-refractivity contribution in [2.24, 2.45) is 0 Å². The third kappa shape index (κ3) is 4.51. The van der Waals surface area contributed by atoms with Crippen LogP contribution in [0.1, 0.15) is 70.6 Å². The van der Waals surface area contributed by atoms with Gasteiger partial charge in [0.05, 0.1) is 32.5 Å². The Hall–Kier alpha value is -2.44. The van der Waals surface area contributed by atoms with E-state index in [0.29, 0.717) is 24.0 Å². The van der Waals surface area contributed by atoms with E-state index < -0.39 is 11.9 Å². The fourth-order valence-corrected chi connectivity index (χ4v) is 3.45. The van der Waals surface area contributed by atoms with Crippen molar-refractivity contribution < 1.29 is 29.3 Å². The van der Waals surface area contributed by atoms with Crippen LogP contribution in [0.15, 0.2) is 30.1 Å². The first-order valence-corrected chi connectivity index (χ1v) is 9.52. The molecule has 0 amide bonds. The quantitative estimate of drug-likeness (QED) is 0.472. The van der Waals surface area contributed by atoms with Gasteiger partial charge in [-0.25, -0.2) is 0 Å². The number of allylic oxidation sites excluding steroid dienone is 3. The molecule has 1 atom stereocenters. The Bertz CT molecular complexity index is 791. The van der Waals surface area contributed by atoms with E-state index in [1.165, 1.54) is 14.2 Å². The third-order valence-electron chi connectivity index (χ3n) is 4.83. The maximum Gasteiger partial charge on any atom is 0.228 e. The monoisotopic (exact) mass is 388 g/mol. The van der Waals surface area contributed by atoms with E-state index in [1.54, 1.807) is 18.2 Å². The average Bonchev–Trinajstić information content (AvgIpc) is 2.69. The SMILES string of the molecule is CCCCCC(O)c1c(C/C=C/CO)cc2c(c1OC)C(=O)C=C(OC)C2=O. The fourth-order valence-electron chi connectivity index (χ4n) is 3.45. The van der Waals surface area contributed by atoms with Crippen LogP contribution in [0.2, 0.25) is 0 Å². The van der Waals surface area contributed by atoms with Crippen LogP contribution in [-0.4, -0.2) is 42.6 Å². The largest absolute Gasteiger partial charge is 0.496 e. The van der Waals surface area contributed by atoms with Crippen LogP contribution in [0.4, 0.5) is 0 Å². The molecule has 0 aliphatic heterocycles. The lowest BCUT2D eigenvalue weighted by molar-refractivity contribution is 0.0913. The Morgan fingerprint density at radius 1 is 1.14 bits per heavy atom. The molecule has 0 radical (unpaired) electrons. The molecule has 0 saturated carbocycles. The minimum Gasteiger partial charge on any atom is -0.496 e. The predicted molar refractivity (Wildman–Crippen MR) is 106 cm³/mol.